The zero-order valence-electron chi connectivity index (χ0n) is 8.49. The molecule has 1 aromatic heterocycles. The Balaban J connectivity index is 1.97. The van der Waals surface area contributed by atoms with Crippen molar-refractivity contribution in [2.24, 2.45) is 5.10 Å². The maximum atomic E-state index is 11.5. The summed E-state index contributed by atoms with van der Waals surface area (Å²) in [6.07, 6.45) is 4.00. The van der Waals surface area contributed by atoms with Crippen LogP contribution in [0.1, 0.15) is 29.4 Å². The van der Waals surface area contributed by atoms with Crippen molar-refractivity contribution in [3.05, 3.63) is 34.0 Å². The lowest BCUT2D eigenvalue weighted by molar-refractivity contribution is 0.0959. The molecule has 78 valence electrons. The topological polar surface area (TPSA) is 41.5 Å². The van der Waals surface area contributed by atoms with Crippen LogP contribution >= 0.6 is 11.3 Å². The lowest BCUT2D eigenvalue weighted by atomic mass is 10.3. The molecule has 0 radical (unpaired) electrons. The van der Waals surface area contributed by atoms with Crippen LogP contribution in [0.5, 0.6) is 0 Å². The molecule has 0 unspecified atom stereocenters. The van der Waals surface area contributed by atoms with Crippen molar-refractivity contribution >= 4 is 23.0 Å². The van der Waals surface area contributed by atoms with Gasteiger partial charge in [-0.15, -0.1) is 11.3 Å². The number of hydrogen-bond acceptors (Lipinski definition) is 3. The molecular formula is C11H12N2OS. The van der Waals surface area contributed by atoms with Gasteiger partial charge in [-0.3, -0.25) is 4.79 Å². The lowest BCUT2D eigenvalue weighted by Gasteiger charge is -1.96. The molecule has 0 spiro atoms. The molecule has 0 fully saturated rings. The van der Waals surface area contributed by atoms with Gasteiger partial charge in [-0.25, -0.2) is 5.43 Å². The van der Waals surface area contributed by atoms with Crippen molar-refractivity contribution in [2.45, 2.75) is 19.8 Å². The molecule has 1 aliphatic rings. The highest BCUT2D eigenvalue weighted by Crippen LogP contribution is 2.14. The maximum Gasteiger partial charge on any atom is 0.281 e. The summed E-state index contributed by atoms with van der Waals surface area (Å²) in [5.41, 5.74) is 4.84. The van der Waals surface area contributed by atoms with E-state index in [1.165, 1.54) is 16.9 Å². The van der Waals surface area contributed by atoms with E-state index < -0.39 is 0 Å². The van der Waals surface area contributed by atoms with Gasteiger partial charge < -0.3 is 0 Å². The largest absolute Gasteiger partial charge is 0.281 e. The summed E-state index contributed by atoms with van der Waals surface area (Å²) < 4.78 is 0. The van der Waals surface area contributed by atoms with Gasteiger partial charge in [0.05, 0.1) is 10.6 Å². The number of carbonyl (C=O) groups is 1. The predicted octanol–water partition coefficient (Wildman–Crippen LogP) is 2.57. The molecule has 1 amide bonds. The fraction of sp³-hybridized carbons (Fsp3) is 0.273. The van der Waals surface area contributed by atoms with Crippen LogP contribution < -0.4 is 5.43 Å². The van der Waals surface area contributed by atoms with Crippen molar-refractivity contribution in [2.75, 3.05) is 0 Å². The van der Waals surface area contributed by atoms with Crippen LogP contribution in [0.3, 0.4) is 0 Å². The number of hydrogen-bond donors (Lipinski definition) is 1. The number of amides is 1. The minimum absolute atomic E-state index is 0.129. The molecule has 0 atom stereocenters. The van der Waals surface area contributed by atoms with Crippen molar-refractivity contribution in [1.29, 1.82) is 0 Å². The quantitative estimate of drug-likeness (QED) is 0.765. The van der Waals surface area contributed by atoms with Crippen LogP contribution in [-0.4, -0.2) is 11.6 Å². The van der Waals surface area contributed by atoms with Crippen molar-refractivity contribution in [1.82, 2.24) is 5.43 Å². The molecule has 0 saturated carbocycles. The number of rotatable bonds is 2. The Bertz CT molecular complexity index is 418. The standard InChI is InChI=1S/C11H12N2OS/c1-8-4-5-9(7-8)12-13-11(14)10-3-2-6-15-10/h2-3,6-7H,4-5H2,1H3,(H,13,14)/b12-9+. The molecule has 1 heterocycles. The third-order valence-electron chi connectivity index (χ3n) is 2.23. The number of hydrazone groups is 1. The lowest BCUT2D eigenvalue weighted by Crippen LogP contribution is -2.17. The minimum Gasteiger partial charge on any atom is -0.266 e. The fourth-order valence-corrected chi connectivity index (χ4v) is 2.04. The Morgan fingerprint density at radius 3 is 3.00 bits per heavy atom. The Morgan fingerprint density at radius 2 is 2.40 bits per heavy atom. The SMILES string of the molecule is CC1=C/C(=N/NC(=O)c2cccs2)CC1. The van der Waals surface area contributed by atoms with E-state index in [-0.39, 0.29) is 5.91 Å². The molecule has 3 nitrogen and oxygen atoms in total. The van der Waals surface area contributed by atoms with E-state index in [4.69, 9.17) is 0 Å². The molecule has 0 aromatic carbocycles. The Kier molecular flexibility index (Phi) is 2.97. The monoisotopic (exact) mass is 220 g/mol. The third-order valence-corrected chi connectivity index (χ3v) is 3.10. The van der Waals surface area contributed by atoms with Crippen LogP contribution in [0, 0.1) is 0 Å². The number of nitrogens with zero attached hydrogens (tertiary/aromatic N) is 1. The first-order valence-electron chi connectivity index (χ1n) is 4.83. The van der Waals surface area contributed by atoms with Gasteiger partial charge in [-0.1, -0.05) is 11.6 Å². The Morgan fingerprint density at radius 1 is 1.53 bits per heavy atom. The van der Waals surface area contributed by atoms with Crippen LogP contribution in [0.2, 0.25) is 0 Å². The van der Waals surface area contributed by atoms with E-state index in [9.17, 15) is 4.79 Å². The minimum atomic E-state index is -0.129. The van der Waals surface area contributed by atoms with Crippen LogP contribution in [0.15, 0.2) is 34.3 Å². The first-order chi connectivity index (χ1) is 7.25. The smallest absolute Gasteiger partial charge is 0.266 e. The second kappa shape index (κ2) is 4.40. The van der Waals surface area contributed by atoms with E-state index >= 15 is 0 Å². The molecule has 1 aromatic rings. The van der Waals surface area contributed by atoms with Gasteiger partial charge in [0.25, 0.3) is 5.91 Å². The highest BCUT2D eigenvalue weighted by Gasteiger charge is 2.08. The molecular weight excluding hydrogens is 208 g/mol. The molecule has 2 rings (SSSR count). The summed E-state index contributed by atoms with van der Waals surface area (Å²) in [5, 5.41) is 5.95. The molecule has 0 saturated heterocycles. The zero-order valence-corrected chi connectivity index (χ0v) is 9.30. The van der Waals surface area contributed by atoms with E-state index in [0.29, 0.717) is 4.88 Å². The van der Waals surface area contributed by atoms with E-state index in [0.717, 1.165) is 18.6 Å². The van der Waals surface area contributed by atoms with Gasteiger partial charge in [-0.2, -0.15) is 5.10 Å². The second-order valence-corrected chi connectivity index (χ2v) is 4.46. The third kappa shape index (κ3) is 2.53. The van der Waals surface area contributed by atoms with E-state index in [2.05, 4.69) is 17.5 Å². The summed E-state index contributed by atoms with van der Waals surface area (Å²) in [4.78, 5) is 12.2. The summed E-state index contributed by atoms with van der Waals surface area (Å²) >= 11 is 1.42. The molecule has 0 bridgehead atoms. The summed E-state index contributed by atoms with van der Waals surface area (Å²) in [6.45, 7) is 2.07. The van der Waals surface area contributed by atoms with E-state index in [1.54, 1.807) is 6.07 Å². The molecule has 4 heteroatoms. The van der Waals surface area contributed by atoms with Crippen molar-refractivity contribution in [3.8, 4) is 0 Å². The summed E-state index contributed by atoms with van der Waals surface area (Å²) in [6, 6.07) is 3.64. The maximum absolute atomic E-state index is 11.5. The van der Waals surface area contributed by atoms with Gasteiger partial charge in [0.15, 0.2) is 0 Å². The predicted molar refractivity (Wildman–Crippen MR) is 62.2 cm³/mol. The van der Waals surface area contributed by atoms with Crippen LogP contribution in [-0.2, 0) is 0 Å². The Hall–Kier alpha value is -1.42. The number of nitrogens with one attached hydrogen (secondary N) is 1. The van der Waals surface area contributed by atoms with Crippen LogP contribution in [0.4, 0.5) is 0 Å². The normalized spacial score (nSPS) is 17.9. The Labute approximate surface area is 92.5 Å². The van der Waals surface area contributed by atoms with Gasteiger partial charge in [0.2, 0.25) is 0 Å². The fourth-order valence-electron chi connectivity index (χ4n) is 1.43. The van der Waals surface area contributed by atoms with Crippen LogP contribution in [0.25, 0.3) is 0 Å². The van der Waals surface area contributed by atoms with Crippen molar-refractivity contribution < 1.29 is 4.79 Å². The van der Waals surface area contributed by atoms with Crippen molar-refractivity contribution in [3.63, 3.8) is 0 Å². The number of thiophene rings is 1. The summed E-state index contributed by atoms with van der Waals surface area (Å²) in [7, 11) is 0. The molecule has 1 aliphatic carbocycles. The highest BCUT2D eigenvalue weighted by atomic mass is 32.1. The highest BCUT2D eigenvalue weighted by molar-refractivity contribution is 7.12. The number of allylic oxidation sites excluding steroid dienone is 2. The molecule has 0 aliphatic heterocycles. The van der Waals surface area contributed by atoms with Gasteiger partial charge in [0, 0.05) is 0 Å². The average molecular weight is 220 g/mol. The molecule has 1 N–H and O–H groups in total. The van der Waals surface area contributed by atoms with Gasteiger partial charge >= 0.3 is 0 Å². The average Bonchev–Trinajstić information content (AvgIpc) is 2.84. The first-order valence-corrected chi connectivity index (χ1v) is 5.71. The van der Waals surface area contributed by atoms with Gasteiger partial charge in [-0.05, 0) is 37.3 Å². The number of carbonyl (C=O) groups excluding carboxylic acids is 1. The molecule has 15 heavy (non-hydrogen) atoms. The second-order valence-electron chi connectivity index (χ2n) is 3.51. The first kappa shape index (κ1) is 10.1. The summed E-state index contributed by atoms with van der Waals surface area (Å²) in [5.74, 6) is -0.129. The zero-order chi connectivity index (χ0) is 10.7. The van der Waals surface area contributed by atoms with Gasteiger partial charge in [0.1, 0.15) is 0 Å². The van der Waals surface area contributed by atoms with E-state index in [1.807, 2.05) is 17.5 Å².